The van der Waals surface area contributed by atoms with E-state index in [0.29, 0.717) is 5.16 Å². The van der Waals surface area contributed by atoms with Gasteiger partial charge in [-0.25, -0.2) is 4.98 Å². The number of nitrogens with one attached hydrogen (secondary N) is 1. The van der Waals surface area contributed by atoms with Gasteiger partial charge in [0, 0.05) is 18.1 Å². The van der Waals surface area contributed by atoms with Crippen LogP contribution < -0.4 is 0 Å². The Morgan fingerprint density at radius 2 is 2.44 bits per heavy atom. The molecular weight excluding hydrogens is 136 g/mol. The third-order valence-corrected chi connectivity index (χ3v) is 1.70. The first kappa shape index (κ1) is 6.48. The van der Waals surface area contributed by atoms with Crippen LogP contribution >= 0.6 is 0 Å². The molecular formula is C5H8N2OS. The maximum Gasteiger partial charge on any atom is 0.196 e. The number of rotatable bonds is 1. The lowest BCUT2D eigenvalue weighted by Gasteiger charge is -1.83. The van der Waals surface area contributed by atoms with Crippen molar-refractivity contribution in [1.29, 1.82) is 0 Å². The largest absolute Gasteiger partial charge is 0.335 e. The van der Waals surface area contributed by atoms with Gasteiger partial charge in [0.05, 0.1) is 10.8 Å². The summed E-state index contributed by atoms with van der Waals surface area (Å²) in [5, 5.41) is 0.549. The molecule has 1 N–H and O–H groups in total. The minimum atomic E-state index is -0.975. The normalized spacial score (nSPS) is 13.6. The first-order valence-electron chi connectivity index (χ1n) is 2.55. The van der Waals surface area contributed by atoms with Crippen molar-refractivity contribution < 1.29 is 4.21 Å². The topological polar surface area (TPSA) is 45.8 Å². The first-order chi connectivity index (χ1) is 4.20. The zero-order valence-corrected chi connectivity index (χ0v) is 6.16. The van der Waals surface area contributed by atoms with Crippen molar-refractivity contribution in [3.8, 4) is 0 Å². The lowest BCUT2D eigenvalue weighted by atomic mass is 10.6. The summed E-state index contributed by atoms with van der Waals surface area (Å²) in [5.41, 5.74) is 0.945. The fourth-order valence-corrected chi connectivity index (χ4v) is 1.04. The van der Waals surface area contributed by atoms with Crippen molar-refractivity contribution in [1.82, 2.24) is 9.97 Å². The van der Waals surface area contributed by atoms with Crippen LogP contribution in [-0.2, 0) is 10.8 Å². The number of aryl methyl sites for hydroxylation is 1. The van der Waals surface area contributed by atoms with Crippen molar-refractivity contribution in [2.24, 2.45) is 0 Å². The van der Waals surface area contributed by atoms with E-state index in [1.807, 2.05) is 6.92 Å². The summed E-state index contributed by atoms with van der Waals surface area (Å²) < 4.78 is 10.7. The third kappa shape index (κ3) is 1.38. The van der Waals surface area contributed by atoms with Crippen LogP contribution in [0.2, 0.25) is 0 Å². The number of aromatic nitrogens is 2. The molecule has 0 aromatic carbocycles. The Hall–Kier alpha value is -0.640. The highest BCUT2D eigenvalue weighted by Gasteiger charge is 1.98. The summed E-state index contributed by atoms with van der Waals surface area (Å²) in [6.45, 7) is 1.88. The summed E-state index contributed by atoms with van der Waals surface area (Å²) in [6, 6.07) is 0. The van der Waals surface area contributed by atoms with Crippen LogP contribution in [0, 0.1) is 6.92 Å². The SMILES string of the molecule is Cc1cnc([S@@](C)=O)[nH]1. The Labute approximate surface area is 56.0 Å². The Bertz CT molecular complexity index is 231. The maximum atomic E-state index is 10.7. The second-order valence-electron chi connectivity index (χ2n) is 1.83. The summed E-state index contributed by atoms with van der Waals surface area (Å²) in [7, 11) is -0.975. The van der Waals surface area contributed by atoms with Gasteiger partial charge in [0.15, 0.2) is 5.16 Å². The number of imidazole rings is 1. The smallest absolute Gasteiger partial charge is 0.196 e. The van der Waals surface area contributed by atoms with Crippen LogP contribution in [0.3, 0.4) is 0 Å². The Balaban J connectivity index is 2.98. The molecule has 0 saturated carbocycles. The summed E-state index contributed by atoms with van der Waals surface area (Å²) in [4.78, 5) is 6.72. The van der Waals surface area contributed by atoms with Gasteiger partial charge in [-0.1, -0.05) is 0 Å². The number of nitrogens with zero attached hydrogens (tertiary/aromatic N) is 1. The minimum Gasteiger partial charge on any atom is -0.335 e. The average molecular weight is 144 g/mol. The Morgan fingerprint density at radius 1 is 1.78 bits per heavy atom. The predicted octanol–water partition coefficient (Wildman–Crippen LogP) is 0.456. The highest BCUT2D eigenvalue weighted by atomic mass is 32.2. The van der Waals surface area contributed by atoms with Crippen LogP contribution in [0.1, 0.15) is 5.69 Å². The van der Waals surface area contributed by atoms with Crippen molar-refractivity contribution in [2.75, 3.05) is 6.26 Å². The molecule has 50 valence electrons. The van der Waals surface area contributed by atoms with Gasteiger partial charge in [-0.05, 0) is 6.92 Å². The van der Waals surface area contributed by atoms with Crippen molar-refractivity contribution in [3.05, 3.63) is 11.9 Å². The predicted molar refractivity (Wildman–Crippen MR) is 35.7 cm³/mol. The van der Waals surface area contributed by atoms with E-state index < -0.39 is 10.8 Å². The van der Waals surface area contributed by atoms with Crippen LogP contribution in [0.4, 0.5) is 0 Å². The molecule has 0 aliphatic carbocycles. The highest BCUT2D eigenvalue weighted by molar-refractivity contribution is 7.84. The number of aromatic amines is 1. The van der Waals surface area contributed by atoms with Gasteiger partial charge in [-0.3, -0.25) is 4.21 Å². The van der Waals surface area contributed by atoms with Gasteiger partial charge < -0.3 is 4.98 Å². The molecule has 0 unspecified atom stereocenters. The number of hydrogen-bond acceptors (Lipinski definition) is 2. The van der Waals surface area contributed by atoms with Crippen LogP contribution in [0.25, 0.3) is 0 Å². The molecule has 3 nitrogen and oxygen atoms in total. The van der Waals surface area contributed by atoms with E-state index >= 15 is 0 Å². The van der Waals surface area contributed by atoms with E-state index in [4.69, 9.17) is 0 Å². The Morgan fingerprint density at radius 3 is 2.67 bits per heavy atom. The standard InChI is InChI=1S/C5H8N2OS/c1-4-3-6-5(7-4)9(2)8/h3H,1-2H3,(H,6,7)/t9-/m1/s1. The van der Waals surface area contributed by atoms with E-state index in [1.54, 1.807) is 12.5 Å². The van der Waals surface area contributed by atoms with E-state index in [0.717, 1.165) is 5.69 Å². The maximum absolute atomic E-state index is 10.7. The first-order valence-corrected chi connectivity index (χ1v) is 4.11. The molecule has 0 bridgehead atoms. The zero-order valence-electron chi connectivity index (χ0n) is 5.34. The van der Waals surface area contributed by atoms with Crippen LogP contribution in [0.5, 0.6) is 0 Å². The van der Waals surface area contributed by atoms with Gasteiger partial charge in [-0.2, -0.15) is 0 Å². The molecule has 0 amide bonds. The molecule has 4 heteroatoms. The monoisotopic (exact) mass is 144 g/mol. The lowest BCUT2D eigenvalue weighted by Crippen LogP contribution is -1.88. The van der Waals surface area contributed by atoms with Crippen molar-refractivity contribution in [3.63, 3.8) is 0 Å². The molecule has 0 radical (unpaired) electrons. The average Bonchev–Trinajstić information content (AvgIpc) is 2.14. The molecule has 1 aromatic heterocycles. The third-order valence-electron chi connectivity index (χ3n) is 0.952. The second kappa shape index (κ2) is 2.31. The fraction of sp³-hybridized carbons (Fsp3) is 0.400. The van der Waals surface area contributed by atoms with Crippen LogP contribution in [0.15, 0.2) is 11.4 Å². The summed E-state index contributed by atoms with van der Waals surface area (Å²) in [5.74, 6) is 0. The van der Waals surface area contributed by atoms with Gasteiger partial charge in [0.25, 0.3) is 0 Å². The molecule has 1 aromatic rings. The molecule has 0 saturated heterocycles. The number of H-pyrrole nitrogens is 1. The quantitative estimate of drug-likeness (QED) is 0.622. The van der Waals surface area contributed by atoms with E-state index in [1.165, 1.54) is 0 Å². The van der Waals surface area contributed by atoms with E-state index in [2.05, 4.69) is 9.97 Å². The van der Waals surface area contributed by atoms with E-state index in [-0.39, 0.29) is 0 Å². The lowest BCUT2D eigenvalue weighted by molar-refractivity contribution is 0.681. The number of hydrogen-bond donors (Lipinski definition) is 1. The zero-order chi connectivity index (χ0) is 6.85. The molecule has 0 spiro atoms. The molecule has 1 atom stereocenters. The minimum absolute atomic E-state index is 0.549. The van der Waals surface area contributed by atoms with Crippen molar-refractivity contribution >= 4 is 10.8 Å². The molecule has 1 heterocycles. The summed E-state index contributed by atoms with van der Waals surface area (Å²) >= 11 is 0. The van der Waals surface area contributed by atoms with Gasteiger partial charge in [0.2, 0.25) is 0 Å². The van der Waals surface area contributed by atoms with Crippen LogP contribution in [-0.4, -0.2) is 20.4 Å². The Kier molecular flexibility index (Phi) is 1.66. The molecule has 0 aliphatic heterocycles. The second-order valence-corrected chi connectivity index (χ2v) is 3.12. The molecule has 1 rings (SSSR count). The van der Waals surface area contributed by atoms with Gasteiger partial charge in [0.1, 0.15) is 0 Å². The highest BCUT2D eigenvalue weighted by Crippen LogP contribution is 1.97. The van der Waals surface area contributed by atoms with Gasteiger partial charge in [-0.15, -0.1) is 0 Å². The van der Waals surface area contributed by atoms with Gasteiger partial charge >= 0.3 is 0 Å². The summed E-state index contributed by atoms with van der Waals surface area (Å²) in [6.07, 6.45) is 3.26. The molecule has 9 heavy (non-hydrogen) atoms. The van der Waals surface area contributed by atoms with Crippen molar-refractivity contribution in [2.45, 2.75) is 12.1 Å². The molecule has 0 fully saturated rings. The fourth-order valence-electron chi connectivity index (χ4n) is 0.535. The molecule has 0 aliphatic rings. The van der Waals surface area contributed by atoms with E-state index in [9.17, 15) is 4.21 Å².